The van der Waals surface area contributed by atoms with Crippen LogP contribution in [0.4, 0.5) is 5.69 Å². The van der Waals surface area contributed by atoms with Gasteiger partial charge in [0.25, 0.3) is 0 Å². The summed E-state index contributed by atoms with van der Waals surface area (Å²) in [4.78, 5) is 16.0. The first kappa shape index (κ1) is 18.6. The molecular weight excluding hydrogens is 370 g/mol. The number of hydrogen-bond donors (Lipinski definition) is 1. The van der Waals surface area contributed by atoms with Crippen LogP contribution in [0.1, 0.15) is 24.0 Å². The van der Waals surface area contributed by atoms with Crippen LogP contribution in [0.25, 0.3) is 0 Å². The number of aromatic nitrogens is 2. The molecular formula is C22H23N3O2S. The Balaban J connectivity index is 1.23. The van der Waals surface area contributed by atoms with Gasteiger partial charge in [-0.1, -0.05) is 48.2 Å². The molecule has 5 nitrogen and oxygen atoms in total. The Labute approximate surface area is 169 Å². The Morgan fingerprint density at radius 2 is 2.04 bits per heavy atom. The van der Waals surface area contributed by atoms with Gasteiger partial charge in [0.1, 0.15) is 5.75 Å². The summed E-state index contributed by atoms with van der Waals surface area (Å²) in [6.07, 6.45) is 6.15. The molecule has 0 fully saturated rings. The van der Waals surface area contributed by atoms with Crippen LogP contribution >= 0.6 is 11.8 Å². The van der Waals surface area contributed by atoms with Gasteiger partial charge in [-0.25, -0.2) is 4.98 Å². The number of thioether (sulfide) groups is 1. The number of anilines is 1. The highest BCUT2D eigenvalue weighted by Gasteiger charge is 2.15. The number of nitrogens with zero attached hydrogens (tertiary/aromatic N) is 2. The number of carbonyl (C=O) groups excluding carboxylic acids is 1. The summed E-state index contributed by atoms with van der Waals surface area (Å²) in [6, 6.07) is 16.3. The number of imidazole rings is 1. The van der Waals surface area contributed by atoms with Gasteiger partial charge in [-0.15, -0.1) is 0 Å². The van der Waals surface area contributed by atoms with E-state index in [9.17, 15) is 4.79 Å². The second-order valence-corrected chi connectivity index (χ2v) is 7.80. The van der Waals surface area contributed by atoms with E-state index in [2.05, 4.69) is 39.1 Å². The van der Waals surface area contributed by atoms with E-state index in [1.165, 1.54) is 11.1 Å². The van der Waals surface area contributed by atoms with Gasteiger partial charge in [0.2, 0.25) is 5.91 Å². The smallest absolute Gasteiger partial charge is 0.224 e. The van der Waals surface area contributed by atoms with Crippen LogP contribution in [-0.4, -0.2) is 27.8 Å². The van der Waals surface area contributed by atoms with Crippen molar-refractivity contribution in [2.45, 2.75) is 31.0 Å². The average Bonchev–Trinajstić information content (AvgIpc) is 3.15. The Bertz CT molecular complexity index is 940. The second-order valence-electron chi connectivity index (χ2n) is 6.74. The number of aryl methyl sites for hydroxylation is 1. The first-order valence-corrected chi connectivity index (χ1v) is 10.5. The molecule has 1 N–H and O–H groups in total. The Morgan fingerprint density at radius 1 is 1.14 bits per heavy atom. The molecule has 0 unspecified atom stereocenters. The zero-order valence-electron chi connectivity index (χ0n) is 15.6. The third-order valence-corrected chi connectivity index (χ3v) is 5.73. The quantitative estimate of drug-likeness (QED) is 0.456. The number of fused-ring (bicyclic) bond motifs is 1. The van der Waals surface area contributed by atoms with E-state index < -0.39 is 0 Å². The van der Waals surface area contributed by atoms with Crippen molar-refractivity contribution in [3.05, 3.63) is 72.1 Å². The molecule has 1 aliphatic rings. The van der Waals surface area contributed by atoms with Gasteiger partial charge < -0.3 is 14.6 Å². The number of amides is 1. The predicted molar refractivity (Wildman–Crippen MR) is 112 cm³/mol. The van der Waals surface area contributed by atoms with Crippen molar-refractivity contribution in [2.75, 3.05) is 17.7 Å². The van der Waals surface area contributed by atoms with Gasteiger partial charge >= 0.3 is 0 Å². The summed E-state index contributed by atoms with van der Waals surface area (Å²) in [6.45, 7) is 1.47. The average molecular weight is 394 g/mol. The lowest BCUT2D eigenvalue weighted by atomic mass is 10.0. The molecule has 4 rings (SSSR count). The monoisotopic (exact) mass is 393 g/mol. The molecule has 0 saturated carbocycles. The maximum atomic E-state index is 11.5. The molecule has 0 bridgehead atoms. The minimum absolute atomic E-state index is 0.0760. The topological polar surface area (TPSA) is 56.1 Å². The molecule has 3 aromatic rings. The van der Waals surface area contributed by atoms with Crippen molar-refractivity contribution < 1.29 is 9.53 Å². The maximum Gasteiger partial charge on any atom is 0.224 e. The Hall–Kier alpha value is -2.73. The third-order valence-electron chi connectivity index (χ3n) is 4.64. The molecule has 0 radical (unpaired) electrons. The summed E-state index contributed by atoms with van der Waals surface area (Å²) in [5.74, 6) is 1.82. The van der Waals surface area contributed by atoms with Gasteiger partial charge in [-0.3, -0.25) is 4.79 Å². The lowest BCUT2D eigenvalue weighted by molar-refractivity contribution is -0.116. The number of rotatable bonds is 8. The molecule has 0 aliphatic carbocycles. The minimum atomic E-state index is 0.0760. The summed E-state index contributed by atoms with van der Waals surface area (Å²) in [5, 5.41) is 3.94. The summed E-state index contributed by atoms with van der Waals surface area (Å²) in [5.41, 5.74) is 3.32. The zero-order valence-corrected chi connectivity index (χ0v) is 16.5. The van der Waals surface area contributed by atoms with Crippen molar-refractivity contribution in [3.63, 3.8) is 0 Å². The van der Waals surface area contributed by atoms with E-state index in [0.29, 0.717) is 13.0 Å². The maximum absolute atomic E-state index is 11.5. The lowest BCUT2D eigenvalue weighted by Crippen LogP contribution is -2.18. The van der Waals surface area contributed by atoms with E-state index in [4.69, 9.17) is 4.74 Å². The highest BCUT2D eigenvalue weighted by Crippen LogP contribution is 2.27. The Morgan fingerprint density at radius 3 is 2.93 bits per heavy atom. The van der Waals surface area contributed by atoms with Crippen molar-refractivity contribution in [1.82, 2.24) is 9.55 Å². The molecule has 0 spiro atoms. The Kier molecular flexibility index (Phi) is 5.97. The van der Waals surface area contributed by atoms with Crippen LogP contribution in [0.5, 0.6) is 5.75 Å². The molecule has 1 amide bonds. The third kappa shape index (κ3) is 4.75. The van der Waals surface area contributed by atoms with Crippen LogP contribution in [-0.2, 0) is 17.8 Å². The normalized spacial score (nSPS) is 13.1. The minimum Gasteiger partial charge on any atom is -0.493 e. The van der Waals surface area contributed by atoms with Gasteiger partial charge in [-0.2, -0.15) is 0 Å². The van der Waals surface area contributed by atoms with Gasteiger partial charge in [0.15, 0.2) is 5.16 Å². The number of benzene rings is 2. The lowest BCUT2D eigenvalue weighted by Gasteiger charge is -2.17. The molecule has 6 heteroatoms. The van der Waals surface area contributed by atoms with Crippen molar-refractivity contribution >= 4 is 23.4 Å². The van der Waals surface area contributed by atoms with Gasteiger partial charge in [0, 0.05) is 42.9 Å². The van der Waals surface area contributed by atoms with E-state index in [1.54, 1.807) is 11.8 Å². The fraction of sp³-hybridized carbons (Fsp3) is 0.273. The van der Waals surface area contributed by atoms with Crippen molar-refractivity contribution in [2.24, 2.45) is 0 Å². The van der Waals surface area contributed by atoms with E-state index in [-0.39, 0.29) is 5.91 Å². The molecule has 0 atom stereocenters. The molecule has 0 saturated heterocycles. The number of ether oxygens (including phenoxy) is 1. The first-order chi connectivity index (χ1) is 13.8. The molecule has 1 aliphatic heterocycles. The van der Waals surface area contributed by atoms with Crippen molar-refractivity contribution in [3.8, 4) is 5.75 Å². The largest absolute Gasteiger partial charge is 0.493 e. The van der Waals surface area contributed by atoms with Crippen LogP contribution in [0.3, 0.4) is 0 Å². The highest BCUT2D eigenvalue weighted by atomic mass is 32.2. The van der Waals surface area contributed by atoms with Crippen LogP contribution in [0, 0.1) is 0 Å². The summed E-state index contributed by atoms with van der Waals surface area (Å²) < 4.78 is 8.03. The van der Waals surface area contributed by atoms with Crippen LogP contribution in [0.15, 0.2) is 66.1 Å². The van der Waals surface area contributed by atoms with Crippen molar-refractivity contribution in [1.29, 1.82) is 0 Å². The van der Waals surface area contributed by atoms with Crippen LogP contribution < -0.4 is 10.1 Å². The number of carbonyl (C=O) groups is 1. The molecule has 28 heavy (non-hydrogen) atoms. The fourth-order valence-corrected chi connectivity index (χ4v) is 4.06. The SMILES string of the molecule is O=C1CCc2ccc(OCCCSc3nccn3Cc3ccccc3)cc2N1. The van der Waals surface area contributed by atoms with E-state index >= 15 is 0 Å². The summed E-state index contributed by atoms with van der Waals surface area (Å²) >= 11 is 1.75. The van der Waals surface area contributed by atoms with E-state index in [0.717, 1.165) is 41.7 Å². The highest BCUT2D eigenvalue weighted by molar-refractivity contribution is 7.99. The van der Waals surface area contributed by atoms with Gasteiger partial charge in [0.05, 0.1) is 6.61 Å². The molecule has 2 heterocycles. The standard InChI is InChI=1S/C22H23N3O2S/c26-21-10-8-18-7-9-19(15-20(18)24-21)27-13-4-14-28-22-23-11-12-25(22)16-17-5-2-1-3-6-17/h1-3,5-7,9,11-12,15H,4,8,10,13-14,16H2,(H,24,26). The molecule has 144 valence electrons. The summed E-state index contributed by atoms with van der Waals surface area (Å²) in [7, 11) is 0. The predicted octanol–water partition coefficient (Wildman–Crippen LogP) is 4.38. The molecule has 2 aromatic carbocycles. The number of hydrogen-bond acceptors (Lipinski definition) is 4. The number of nitrogens with one attached hydrogen (secondary N) is 1. The molecule has 1 aromatic heterocycles. The van der Waals surface area contributed by atoms with Gasteiger partial charge in [-0.05, 0) is 30.0 Å². The first-order valence-electron chi connectivity index (χ1n) is 9.51. The van der Waals surface area contributed by atoms with Crippen LogP contribution in [0.2, 0.25) is 0 Å². The second kappa shape index (κ2) is 8.97. The zero-order chi connectivity index (χ0) is 19.2. The fourth-order valence-electron chi connectivity index (χ4n) is 3.19. The van der Waals surface area contributed by atoms with E-state index in [1.807, 2.05) is 36.7 Å².